The van der Waals surface area contributed by atoms with Crippen LogP contribution in [-0.2, 0) is 47.4 Å². The molecule has 15 heteroatoms. The summed E-state index contributed by atoms with van der Waals surface area (Å²) in [4.78, 5) is 14.0. The van der Waals surface area contributed by atoms with Gasteiger partial charge in [0, 0.05) is 67.5 Å². The Labute approximate surface area is 303 Å². The average Bonchev–Trinajstić information content (AvgIpc) is 3.17. The Bertz CT molecular complexity index is 1640. The molecule has 2 aliphatic heterocycles. The third kappa shape index (κ3) is 7.66. The Morgan fingerprint density at radius 2 is 1.19 bits per heavy atom. The first-order valence-electron chi connectivity index (χ1n) is 16.7. The van der Waals surface area contributed by atoms with Crippen molar-refractivity contribution in [2.75, 3.05) is 84.3 Å². The number of rotatable bonds is 16. The van der Waals surface area contributed by atoms with Crippen LogP contribution >= 0.6 is 0 Å². The van der Waals surface area contributed by atoms with Gasteiger partial charge in [-0.2, -0.15) is 0 Å². The highest BCUT2D eigenvalue weighted by Crippen LogP contribution is 2.48. The van der Waals surface area contributed by atoms with E-state index in [1.807, 2.05) is 0 Å². The Balaban J connectivity index is 1.68. The van der Waals surface area contributed by atoms with E-state index in [1.54, 1.807) is 80.1 Å². The number of hydrogen-bond acceptors (Lipinski definition) is 15. The van der Waals surface area contributed by atoms with Crippen molar-refractivity contribution in [2.45, 2.75) is 61.2 Å². The molecule has 2 aromatic carbocycles. The SMILES string of the molecule is COCC1OC(OC2C(c3c(OC)cc4oc(-c5ccc(OC)cc5)cc(=O)c4c3OC)OC(COC)C(OC)C2OC)C(OC)C(OC)C1OC. The number of ether oxygens (including phenoxy) is 13. The minimum absolute atomic E-state index is 0.144. The van der Waals surface area contributed by atoms with Gasteiger partial charge >= 0.3 is 0 Å². The van der Waals surface area contributed by atoms with Gasteiger partial charge in [0.1, 0.15) is 88.9 Å². The van der Waals surface area contributed by atoms with E-state index in [0.29, 0.717) is 28.4 Å². The van der Waals surface area contributed by atoms with E-state index in [9.17, 15) is 4.79 Å². The van der Waals surface area contributed by atoms with Crippen molar-refractivity contribution in [3.05, 3.63) is 52.2 Å². The number of fused-ring (bicyclic) bond motifs is 1. The summed E-state index contributed by atoms with van der Waals surface area (Å²) in [6.07, 6.45) is -7.60. The van der Waals surface area contributed by atoms with Crippen molar-refractivity contribution >= 4 is 11.0 Å². The van der Waals surface area contributed by atoms with E-state index >= 15 is 0 Å². The second-order valence-electron chi connectivity index (χ2n) is 12.3. The quantitative estimate of drug-likeness (QED) is 0.211. The number of hydrogen-bond donors (Lipinski definition) is 0. The Kier molecular flexibility index (Phi) is 13.9. The predicted molar refractivity (Wildman–Crippen MR) is 186 cm³/mol. The van der Waals surface area contributed by atoms with Gasteiger partial charge in [0.15, 0.2) is 11.7 Å². The van der Waals surface area contributed by atoms with Crippen LogP contribution in [0.25, 0.3) is 22.3 Å². The van der Waals surface area contributed by atoms with Crippen LogP contribution in [0.3, 0.4) is 0 Å². The van der Waals surface area contributed by atoms with Crippen LogP contribution in [0, 0.1) is 0 Å². The Morgan fingerprint density at radius 3 is 1.71 bits per heavy atom. The van der Waals surface area contributed by atoms with Crippen molar-refractivity contribution in [3.8, 4) is 28.6 Å². The largest absolute Gasteiger partial charge is 0.497 e. The minimum Gasteiger partial charge on any atom is -0.497 e. The third-order valence-corrected chi connectivity index (χ3v) is 9.60. The van der Waals surface area contributed by atoms with E-state index < -0.39 is 61.2 Å². The zero-order valence-corrected chi connectivity index (χ0v) is 31.3. The molecule has 3 heterocycles. The summed E-state index contributed by atoms with van der Waals surface area (Å²) in [5.74, 6) is 1.49. The topological polar surface area (TPSA) is 150 Å². The highest BCUT2D eigenvalue weighted by Gasteiger charge is 2.54. The molecule has 0 amide bonds. The monoisotopic (exact) mass is 734 g/mol. The van der Waals surface area contributed by atoms with Crippen LogP contribution in [-0.4, -0.2) is 139 Å². The standard InChI is InChI=1S/C37H50O15/c1-39-17-25-29(43-5)33(46-8)35(52-37-36(48-10)34(47-9)30(44-6)26(51-37)18-40-2)32(50-25)28-23(42-4)16-24-27(31(28)45-7)21(38)15-22(49-24)19-11-13-20(41-3)14-12-19/h11-16,25-26,29-30,32-37H,17-18H2,1-10H3. The van der Waals surface area contributed by atoms with Crippen molar-refractivity contribution < 1.29 is 66.0 Å². The summed E-state index contributed by atoms with van der Waals surface area (Å²) < 4.78 is 84.4. The van der Waals surface area contributed by atoms with Crippen molar-refractivity contribution in [3.63, 3.8) is 0 Å². The molecule has 0 N–H and O–H groups in total. The minimum atomic E-state index is -1.04. The summed E-state index contributed by atoms with van der Waals surface area (Å²) >= 11 is 0. The van der Waals surface area contributed by atoms with Crippen LogP contribution < -0.4 is 19.6 Å². The predicted octanol–water partition coefficient (Wildman–Crippen LogP) is 3.40. The highest BCUT2D eigenvalue weighted by atomic mass is 16.7. The molecule has 15 nitrogen and oxygen atoms in total. The second-order valence-corrected chi connectivity index (χ2v) is 12.3. The first-order valence-corrected chi connectivity index (χ1v) is 16.7. The molecule has 10 unspecified atom stereocenters. The maximum atomic E-state index is 14.0. The maximum Gasteiger partial charge on any atom is 0.197 e. The molecule has 0 aliphatic carbocycles. The summed E-state index contributed by atoms with van der Waals surface area (Å²) in [6.45, 7) is 0.329. The molecule has 52 heavy (non-hydrogen) atoms. The van der Waals surface area contributed by atoms with Gasteiger partial charge in [0.25, 0.3) is 0 Å². The van der Waals surface area contributed by atoms with Gasteiger partial charge in [-0.1, -0.05) is 0 Å². The molecule has 0 saturated carbocycles. The molecule has 3 aromatic rings. The van der Waals surface area contributed by atoms with Crippen molar-refractivity contribution in [2.24, 2.45) is 0 Å². The lowest BCUT2D eigenvalue weighted by Crippen LogP contribution is -2.64. The molecule has 5 rings (SSSR count). The summed E-state index contributed by atoms with van der Waals surface area (Å²) in [5.41, 5.74) is 0.944. The smallest absolute Gasteiger partial charge is 0.197 e. The molecule has 1 aromatic heterocycles. The summed E-state index contributed by atoms with van der Waals surface area (Å²) in [7, 11) is 15.4. The van der Waals surface area contributed by atoms with Crippen LogP contribution in [0.1, 0.15) is 11.7 Å². The van der Waals surface area contributed by atoms with Gasteiger partial charge in [-0.15, -0.1) is 0 Å². The maximum absolute atomic E-state index is 14.0. The fourth-order valence-electron chi connectivity index (χ4n) is 7.22. The summed E-state index contributed by atoms with van der Waals surface area (Å²) in [5, 5.41) is 0.176. The molecule has 0 bridgehead atoms. The fraction of sp³-hybridized carbons (Fsp3) is 0.595. The number of methoxy groups -OCH3 is 10. The van der Waals surface area contributed by atoms with E-state index in [-0.39, 0.29) is 35.4 Å². The first kappa shape index (κ1) is 39.8. The van der Waals surface area contributed by atoms with Crippen LogP contribution in [0.15, 0.2) is 45.6 Å². The third-order valence-electron chi connectivity index (χ3n) is 9.60. The van der Waals surface area contributed by atoms with Gasteiger partial charge in [-0.25, -0.2) is 0 Å². The zero-order chi connectivity index (χ0) is 37.5. The average molecular weight is 735 g/mol. The Hall–Kier alpha value is -3.35. The van der Waals surface area contributed by atoms with Gasteiger partial charge in [0.2, 0.25) is 0 Å². The van der Waals surface area contributed by atoms with Crippen LogP contribution in [0.5, 0.6) is 17.2 Å². The molecule has 288 valence electrons. The molecule has 0 spiro atoms. The lowest BCUT2D eigenvalue weighted by atomic mass is 9.88. The fourth-order valence-corrected chi connectivity index (χ4v) is 7.22. The molecular weight excluding hydrogens is 684 g/mol. The lowest BCUT2D eigenvalue weighted by molar-refractivity contribution is -0.352. The molecule has 2 aliphatic rings. The van der Waals surface area contributed by atoms with Gasteiger partial charge in [-0.3, -0.25) is 4.79 Å². The molecule has 0 radical (unpaired) electrons. The number of benzene rings is 2. The van der Waals surface area contributed by atoms with Gasteiger partial charge in [-0.05, 0) is 24.3 Å². The first-order chi connectivity index (χ1) is 25.3. The van der Waals surface area contributed by atoms with E-state index in [2.05, 4.69) is 0 Å². The molecular formula is C37H50O15. The summed E-state index contributed by atoms with van der Waals surface area (Å²) in [6, 6.07) is 10.2. The Morgan fingerprint density at radius 1 is 0.615 bits per heavy atom. The molecule has 2 fully saturated rings. The van der Waals surface area contributed by atoms with Crippen LogP contribution in [0.4, 0.5) is 0 Å². The van der Waals surface area contributed by atoms with Gasteiger partial charge in [0.05, 0.1) is 40.1 Å². The van der Waals surface area contributed by atoms with Crippen molar-refractivity contribution in [1.82, 2.24) is 0 Å². The zero-order valence-electron chi connectivity index (χ0n) is 31.3. The van der Waals surface area contributed by atoms with E-state index in [1.165, 1.54) is 27.4 Å². The van der Waals surface area contributed by atoms with E-state index in [4.69, 9.17) is 66.0 Å². The normalized spacial score (nSPS) is 29.3. The molecule has 10 atom stereocenters. The van der Waals surface area contributed by atoms with Gasteiger partial charge < -0.3 is 66.0 Å². The van der Waals surface area contributed by atoms with Crippen LogP contribution in [0.2, 0.25) is 0 Å². The molecule has 2 saturated heterocycles. The highest BCUT2D eigenvalue weighted by molar-refractivity contribution is 5.88. The van der Waals surface area contributed by atoms with E-state index in [0.717, 1.165) is 0 Å². The second kappa shape index (κ2) is 18.1. The lowest BCUT2D eigenvalue weighted by Gasteiger charge is -2.49. The van der Waals surface area contributed by atoms with Crippen molar-refractivity contribution in [1.29, 1.82) is 0 Å².